The molecule has 3 aromatic carbocycles. The zero-order valence-electron chi connectivity index (χ0n) is 18.7. The van der Waals surface area contributed by atoms with Gasteiger partial charge in [-0.15, -0.1) is 0 Å². The molecule has 32 heavy (non-hydrogen) atoms. The number of methoxy groups -OCH3 is 1. The van der Waals surface area contributed by atoms with Crippen LogP contribution in [0.15, 0.2) is 78.9 Å². The van der Waals surface area contributed by atoms with Gasteiger partial charge in [0, 0.05) is 25.8 Å². The van der Waals surface area contributed by atoms with Gasteiger partial charge >= 0.3 is 0 Å². The van der Waals surface area contributed by atoms with E-state index in [-0.39, 0.29) is 5.91 Å². The standard InChI is InChI=1S/C27H30N2O3/c1-3-27(28-25-12-8-7-11-24(25)26(30)29(27)18-20-31-2)22-13-15-23(16-14-22)32-19-17-21-9-5-4-6-10-21/h4-16,28H,3,17-20H2,1-2H3. The van der Waals surface area contributed by atoms with Gasteiger partial charge in [0.1, 0.15) is 11.4 Å². The molecule has 1 heterocycles. The maximum Gasteiger partial charge on any atom is 0.258 e. The first-order chi connectivity index (χ1) is 15.7. The van der Waals surface area contributed by atoms with Crippen molar-refractivity contribution >= 4 is 11.6 Å². The minimum absolute atomic E-state index is 0.0152. The van der Waals surface area contributed by atoms with Crippen molar-refractivity contribution in [3.63, 3.8) is 0 Å². The first-order valence-electron chi connectivity index (χ1n) is 11.1. The van der Waals surface area contributed by atoms with Crippen molar-refractivity contribution in [1.29, 1.82) is 0 Å². The Kier molecular flexibility index (Phi) is 6.76. The van der Waals surface area contributed by atoms with Gasteiger partial charge < -0.3 is 19.7 Å². The number of fused-ring (bicyclic) bond motifs is 1. The summed E-state index contributed by atoms with van der Waals surface area (Å²) < 4.78 is 11.3. The third-order valence-electron chi connectivity index (χ3n) is 6.07. The predicted molar refractivity (Wildman–Crippen MR) is 127 cm³/mol. The van der Waals surface area contributed by atoms with Crippen molar-refractivity contribution in [3.05, 3.63) is 95.6 Å². The molecule has 5 nitrogen and oxygen atoms in total. The summed E-state index contributed by atoms with van der Waals surface area (Å²) in [7, 11) is 1.66. The predicted octanol–water partition coefficient (Wildman–Crippen LogP) is 5.09. The number of ether oxygens (including phenoxy) is 2. The highest BCUT2D eigenvalue weighted by molar-refractivity contribution is 6.02. The lowest BCUT2D eigenvalue weighted by Crippen LogP contribution is -2.58. The highest BCUT2D eigenvalue weighted by atomic mass is 16.5. The zero-order valence-corrected chi connectivity index (χ0v) is 18.7. The molecular weight excluding hydrogens is 400 g/mol. The van der Waals surface area contributed by atoms with Gasteiger partial charge in [-0.3, -0.25) is 4.79 Å². The molecule has 0 radical (unpaired) electrons. The largest absolute Gasteiger partial charge is 0.493 e. The number of benzene rings is 3. The molecule has 1 unspecified atom stereocenters. The number of amides is 1. The molecule has 0 fully saturated rings. The molecule has 0 saturated heterocycles. The highest BCUT2D eigenvalue weighted by Gasteiger charge is 2.44. The second-order valence-electron chi connectivity index (χ2n) is 7.94. The van der Waals surface area contributed by atoms with Gasteiger partial charge in [0.2, 0.25) is 0 Å². The number of anilines is 1. The Balaban J connectivity index is 1.56. The van der Waals surface area contributed by atoms with Crippen LogP contribution in [0.2, 0.25) is 0 Å². The van der Waals surface area contributed by atoms with E-state index in [9.17, 15) is 4.79 Å². The van der Waals surface area contributed by atoms with Crippen molar-refractivity contribution < 1.29 is 14.3 Å². The van der Waals surface area contributed by atoms with E-state index in [0.29, 0.717) is 31.7 Å². The lowest BCUT2D eigenvalue weighted by molar-refractivity contribution is 0.0381. The van der Waals surface area contributed by atoms with Crippen LogP contribution in [0.25, 0.3) is 0 Å². The fraction of sp³-hybridized carbons (Fsp3) is 0.296. The first kappa shape index (κ1) is 21.9. The van der Waals surface area contributed by atoms with E-state index >= 15 is 0 Å². The van der Waals surface area contributed by atoms with Gasteiger partial charge in [0.05, 0.1) is 18.8 Å². The Morgan fingerprint density at radius 3 is 2.34 bits per heavy atom. The number of nitrogens with one attached hydrogen (secondary N) is 1. The minimum atomic E-state index is -0.646. The molecule has 0 bridgehead atoms. The minimum Gasteiger partial charge on any atom is -0.493 e. The van der Waals surface area contributed by atoms with Crippen LogP contribution in [0.5, 0.6) is 5.75 Å². The van der Waals surface area contributed by atoms with E-state index < -0.39 is 5.66 Å². The fourth-order valence-corrected chi connectivity index (χ4v) is 4.33. The second-order valence-corrected chi connectivity index (χ2v) is 7.94. The molecule has 0 spiro atoms. The second kappa shape index (κ2) is 9.88. The summed E-state index contributed by atoms with van der Waals surface area (Å²) in [5.41, 5.74) is 3.18. The average molecular weight is 431 g/mol. The number of para-hydroxylation sites is 1. The summed E-state index contributed by atoms with van der Waals surface area (Å²) in [5.74, 6) is 0.836. The molecule has 1 aliphatic heterocycles. The molecule has 1 aliphatic rings. The molecule has 3 aromatic rings. The smallest absolute Gasteiger partial charge is 0.258 e. The maximum absolute atomic E-state index is 13.4. The monoisotopic (exact) mass is 430 g/mol. The third-order valence-corrected chi connectivity index (χ3v) is 6.07. The van der Waals surface area contributed by atoms with Gasteiger partial charge in [-0.2, -0.15) is 0 Å². The van der Waals surface area contributed by atoms with Crippen LogP contribution >= 0.6 is 0 Å². The van der Waals surface area contributed by atoms with Crippen molar-refractivity contribution in [2.45, 2.75) is 25.4 Å². The SMILES string of the molecule is CCC1(c2ccc(OCCc3ccccc3)cc2)Nc2ccccc2C(=O)N1CCOC. The van der Waals surface area contributed by atoms with E-state index in [0.717, 1.165) is 23.4 Å². The number of hydrogen-bond acceptors (Lipinski definition) is 4. The number of carbonyl (C=O) groups is 1. The molecule has 4 rings (SSSR count). The van der Waals surface area contributed by atoms with Crippen LogP contribution in [0.4, 0.5) is 5.69 Å². The van der Waals surface area contributed by atoms with Gasteiger partial charge in [-0.25, -0.2) is 0 Å². The van der Waals surface area contributed by atoms with E-state index in [2.05, 4.69) is 36.5 Å². The van der Waals surface area contributed by atoms with Crippen molar-refractivity contribution in [3.8, 4) is 5.75 Å². The topological polar surface area (TPSA) is 50.8 Å². The molecule has 1 atom stereocenters. The molecule has 166 valence electrons. The Bertz CT molecular complexity index is 1040. The molecule has 5 heteroatoms. The Labute approximate surface area is 190 Å². The summed E-state index contributed by atoms with van der Waals surface area (Å²) in [4.78, 5) is 15.3. The lowest BCUT2D eigenvalue weighted by atomic mass is 9.89. The Morgan fingerprint density at radius 1 is 0.906 bits per heavy atom. The number of hydrogen-bond donors (Lipinski definition) is 1. The molecule has 0 aliphatic carbocycles. The average Bonchev–Trinajstić information content (AvgIpc) is 2.84. The van der Waals surface area contributed by atoms with Crippen LogP contribution in [0.1, 0.15) is 34.8 Å². The Morgan fingerprint density at radius 2 is 1.62 bits per heavy atom. The van der Waals surface area contributed by atoms with Gasteiger partial charge in [-0.1, -0.05) is 61.5 Å². The number of rotatable bonds is 9. The zero-order chi connectivity index (χ0) is 22.4. The summed E-state index contributed by atoms with van der Waals surface area (Å²) in [6, 6.07) is 26.1. The van der Waals surface area contributed by atoms with E-state index in [4.69, 9.17) is 9.47 Å². The van der Waals surface area contributed by atoms with E-state index in [1.807, 2.05) is 59.5 Å². The molecule has 0 saturated carbocycles. The van der Waals surface area contributed by atoms with Crippen LogP contribution < -0.4 is 10.1 Å². The highest BCUT2D eigenvalue weighted by Crippen LogP contribution is 2.40. The van der Waals surface area contributed by atoms with Gasteiger partial charge in [0.25, 0.3) is 5.91 Å². The lowest BCUT2D eigenvalue weighted by Gasteiger charge is -2.48. The van der Waals surface area contributed by atoms with Gasteiger partial charge in [0.15, 0.2) is 0 Å². The van der Waals surface area contributed by atoms with Crippen LogP contribution in [-0.2, 0) is 16.8 Å². The van der Waals surface area contributed by atoms with Crippen LogP contribution in [-0.4, -0.2) is 37.7 Å². The van der Waals surface area contributed by atoms with Gasteiger partial charge in [-0.05, 0) is 41.8 Å². The van der Waals surface area contributed by atoms with E-state index in [1.54, 1.807) is 7.11 Å². The molecule has 0 aromatic heterocycles. The summed E-state index contributed by atoms with van der Waals surface area (Å²) in [5, 5.41) is 3.66. The van der Waals surface area contributed by atoms with Crippen molar-refractivity contribution in [1.82, 2.24) is 4.90 Å². The maximum atomic E-state index is 13.4. The van der Waals surface area contributed by atoms with Crippen LogP contribution in [0.3, 0.4) is 0 Å². The number of nitrogens with zero attached hydrogens (tertiary/aromatic N) is 1. The van der Waals surface area contributed by atoms with Crippen molar-refractivity contribution in [2.75, 3.05) is 32.2 Å². The molecule has 1 N–H and O–H groups in total. The quantitative estimate of drug-likeness (QED) is 0.514. The number of carbonyl (C=O) groups excluding carboxylic acids is 1. The summed E-state index contributed by atoms with van der Waals surface area (Å²) in [6.45, 7) is 3.68. The van der Waals surface area contributed by atoms with E-state index in [1.165, 1.54) is 5.56 Å². The molecule has 1 amide bonds. The fourth-order valence-electron chi connectivity index (χ4n) is 4.33. The summed E-state index contributed by atoms with van der Waals surface area (Å²) >= 11 is 0. The Hall–Kier alpha value is -3.31. The summed E-state index contributed by atoms with van der Waals surface area (Å²) in [6.07, 6.45) is 1.57. The van der Waals surface area contributed by atoms with Crippen molar-refractivity contribution in [2.24, 2.45) is 0 Å². The van der Waals surface area contributed by atoms with Crippen LogP contribution in [0, 0.1) is 0 Å². The molecular formula is C27H30N2O3. The third kappa shape index (κ3) is 4.34. The normalized spacial score (nSPS) is 17.6. The first-order valence-corrected chi connectivity index (χ1v) is 11.1.